The fourth-order valence-electron chi connectivity index (χ4n) is 0.134. The first kappa shape index (κ1) is 9.01. The van der Waals surface area contributed by atoms with Crippen molar-refractivity contribution in [2.45, 2.75) is 5.67 Å². The van der Waals surface area contributed by atoms with E-state index in [1.165, 1.54) is 0 Å². The molecule has 0 bridgehead atoms. The highest BCUT2D eigenvalue weighted by Gasteiger charge is 2.32. The number of rotatable bonds is 2. The molecule has 4 N–H and O–H groups in total. The second kappa shape index (κ2) is 3.24. The molecule has 0 radical (unpaired) electrons. The lowest BCUT2D eigenvalue weighted by Crippen LogP contribution is -2.45. The van der Waals surface area contributed by atoms with E-state index in [2.05, 4.69) is 0 Å². The zero-order chi connectivity index (χ0) is 6.78. The Balaban J connectivity index is 3.62. The summed E-state index contributed by atoms with van der Waals surface area (Å²) in [4.78, 5) is 0. The Morgan fingerprint density at radius 1 is 1.38 bits per heavy atom. The summed E-state index contributed by atoms with van der Waals surface area (Å²) in [6.07, 6.45) is 0. The van der Waals surface area contributed by atoms with Crippen LogP contribution in [0.5, 0.6) is 0 Å². The molecule has 2 nitrogen and oxygen atoms in total. The minimum atomic E-state index is -2.69. The fourth-order valence-corrected chi connectivity index (χ4v) is 1.20. The number of hydrogen-bond donors (Lipinski definition) is 2. The van der Waals surface area contributed by atoms with Gasteiger partial charge in [0.1, 0.15) is 0 Å². The second-order valence-electron chi connectivity index (χ2n) is 1.38. The molecular formula is C2H7Cl3N2Si. The van der Waals surface area contributed by atoms with Crippen molar-refractivity contribution in [1.82, 2.24) is 0 Å². The highest BCUT2D eigenvalue weighted by Crippen LogP contribution is 2.21. The standard InChI is InChI=1S/C2H7Cl3N2Si/c3-8(4,5)2(7)1-6/h2H,1,6-7H2. The molecular weight excluding hydrogens is 186 g/mol. The molecule has 0 amide bonds. The van der Waals surface area contributed by atoms with E-state index in [9.17, 15) is 0 Å². The Labute approximate surface area is 63.2 Å². The average Bonchev–Trinajstić information content (AvgIpc) is 1.62. The van der Waals surface area contributed by atoms with Gasteiger partial charge in [-0.2, -0.15) is 0 Å². The van der Waals surface area contributed by atoms with Crippen LogP contribution in [0.25, 0.3) is 0 Å². The molecule has 1 unspecified atom stereocenters. The van der Waals surface area contributed by atoms with Crippen LogP contribution < -0.4 is 11.5 Å². The molecule has 0 aliphatic heterocycles. The lowest BCUT2D eigenvalue weighted by molar-refractivity contribution is 0.889. The van der Waals surface area contributed by atoms with Gasteiger partial charge in [0.25, 0.3) is 0 Å². The lowest BCUT2D eigenvalue weighted by Gasteiger charge is -2.13. The maximum Gasteiger partial charge on any atom is 0.358 e. The minimum absolute atomic E-state index is 0.239. The minimum Gasteiger partial charge on any atom is -0.329 e. The lowest BCUT2D eigenvalue weighted by atomic mass is 10.7. The summed E-state index contributed by atoms with van der Waals surface area (Å²) in [5.41, 5.74) is 9.97. The first-order valence-electron chi connectivity index (χ1n) is 2.01. The van der Waals surface area contributed by atoms with Gasteiger partial charge in [-0.25, -0.2) is 0 Å². The number of halogens is 3. The van der Waals surface area contributed by atoms with E-state index < -0.39 is 11.7 Å². The molecule has 50 valence electrons. The molecule has 0 rings (SSSR count). The van der Waals surface area contributed by atoms with E-state index in [0.29, 0.717) is 0 Å². The van der Waals surface area contributed by atoms with Gasteiger partial charge in [-0.05, 0) is 0 Å². The van der Waals surface area contributed by atoms with Gasteiger partial charge in [-0.1, -0.05) is 0 Å². The van der Waals surface area contributed by atoms with Gasteiger partial charge in [-0.15, -0.1) is 33.2 Å². The van der Waals surface area contributed by atoms with Crippen molar-refractivity contribution < 1.29 is 0 Å². The SMILES string of the molecule is NCC(N)[Si](Cl)(Cl)Cl. The summed E-state index contributed by atoms with van der Waals surface area (Å²) < 4.78 is 0. The molecule has 0 aromatic rings. The summed E-state index contributed by atoms with van der Waals surface area (Å²) in [7, 11) is 0. The van der Waals surface area contributed by atoms with Crippen LogP contribution >= 0.6 is 33.2 Å². The first-order valence-corrected chi connectivity index (χ1v) is 7.12. The molecule has 6 heteroatoms. The maximum absolute atomic E-state index is 5.45. The monoisotopic (exact) mass is 192 g/mol. The Morgan fingerprint density at radius 3 is 1.75 bits per heavy atom. The van der Waals surface area contributed by atoms with Gasteiger partial charge in [0.2, 0.25) is 0 Å². The van der Waals surface area contributed by atoms with Crippen molar-refractivity contribution in [3.63, 3.8) is 0 Å². The molecule has 1 atom stereocenters. The molecule has 0 aliphatic carbocycles. The first-order chi connectivity index (χ1) is 3.48. The average molecular weight is 194 g/mol. The Morgan fingerprint density at radius 2 is 1.75 bits per heavy atom. The zero-order valence-electron chi connectivity index (χ0n) is 4.07. The molecule has 0 aromatic heterocycles. The van der Waals surface area contributed by atoms with Gasteiger partial charge >= 0.3 is 6.00 Å². The van der Waals surface area contributed by atoms with Crippen LogP contribution in [0.2, 0.25) is 0 Å². The Hall–Kier alpha value is 1.01. The van der Waals surface area contributed by atoms with Gasteiger partial charge in [-0.3, -0.25) is 0 Å². The smallest absolute Gasteiger partial charge is 0.329 e. The molecule has 0 aliphatic rings. The molecule has 0 aromatic carbocycles. The zero-order valence-corrected chi connectivity index (χ0v) is 7.34. The summed E-state index contributed by atoms with van der Waals surface area (Å²) in [5.74, 6) is 0. The second-order valence-corrected chi connectivity index (χ2v) is 10.3. The highest BCUT2D eigenvalue weighted by molar-refractivity contribution is 7.65. The van der Waals surface area contributed by atoms with E-state index in [0.717, 1.165) is 0 Å². The van der Waals surface area contributed by atoms with Crippen LogP contribution in [0.4, 0.5) is 0 Å². The van der Waals surface area contributed by atoms with Crippen molar-refractivity contribution in [1.29, 1.82) is 0 Å². The predicted octanol–water partition coefficient (Wildman–Crippen LogP) is 0.467. The van der Waals surface area contributed by atoms with Gasteiger partial charge < -0.3 is 11.5 Å². The Kier molecular flexibility index (Phi) is 3.65. The van der Waals surface area contributed by atoms with E-state index in [1.54, 1.807) is 0 Å². The van der Waals surface area contributed by atoms with Crippen LogP contribution in [0, 0.1) is 0 Å². The van der Waals surface area contributed by atoms with E-state index in [1.807, 2.05) is 0 Å². The van der Waals surface area contributed by atoms with Gasteiger partial charge in [0.05, 0.1) is 5.67 Å². The summed E-state index contributed by atoms with van der Waals surface area (Å²) in [6, 6.07) is -2.69. The molecule has 0 heterocycles. The van der Waals surface area contributed by atoms with Crippen molar-refractivity contribution in [2.24, 2.45) is 11.5 Å². The molecule has 0 fully saturated rings. The van der Waals surface area contributed by atoms with Crippen molar-refractivity contribution in [3.8, 4) is 0 Å². The third kappa shape index (κ3) is 3.12. The van der Waals surface area contributed by atoms with E-state index >= 15 is 0 Å². The summed E-state index contributed by atoms with van der Waals surface area (Å²) in [5, 5.41) is 0. The number of nitrogens with two attached hydrogens (primary N) is 2. The third-order valence-electron chi connectivity index (χ3n) is 0.674. The normalized spacial score (nSPS) is 16.1. The van der Waals surface area contributed by atoms with Crippen LogP contribution in [0.3, 0.4) is 0 Å². The Bertz CT molecular complexity index is 72.2. The van der Waals surface area contributed by atoms with Crippen molar-refractivity contribution in [3.05, 3.63) is 0 Å². The maximum atomic E-state index is 5.45. The van der Waals surface area contributed by atoms with Crippen LogP contribution in [0.1, 0.15) is 0 Å². The highest BCUT2D eigenvalue weighted by atomic mass is 35.8. The van der Waals surface area contributed by atoms with E-state index in [-0.39, 0.29) is 6.54 Å². The van der Waals surface area contributed by atoms with Crippen molar-refractivity contribution >= 4 is 39.2 Å². The molecule has 0 saturated carbocycles. The van der Waals surface area contributed by atoms with Crippen LogP contribution in [0.15, 0.2) is 0 Å². The third-order valence-corrected chi connectivity index (χ3v) is 4.27. The molecule has 0 spiro atoms. The fraction of sp³-hybridized carbons (Fsp3) is 1.00. The van der Waals surface area contributed by atoms with E-state index in [4.69, 9.17) is 44.7 Å². The summed E-state index contributed by atoms with van der Waals surface area (Å²) >= 11 is 16.3. The molecule has 0 saturated heterocycles. The van der Waals surface area contributed by atoms with Crippen molar-refractivity contribution in [2.75, 3.05) is 6.54 Å². The largest absolute Gasteiger partial charge is 0.358 e. The summed E-state index contributed by atoms with van der Waals surface area (Å²) in [6.45, 7) is 0.239. The number of hydrogen-bond acceptors (Lipinski definition) is 2. The quantitative estimate of drug-likeness (QED) is 0.495. The predicted molar refractivity (Wildman–Crippen MR) is 40.3 cm³/mol. The van der Waals surface area contributed by atoms with Crippen LogP contribution in [-0.4, -0.2) is 18.2 Å². The van der Waals surface area contributed by atoms with Gasteiger partial charge in [0, 0.05) is 6.54 Å². The van der Waals surface area contributed by atoms with Crippen LogP contribution in [-0.2, 0) is 0 Å². The topological polar surface area (TPSA) is 52.0 Å². The molecule has 8 heavy (non-hydrogen) atoms. The van der Waals surface area contributed by atoms with Gasteiger partial charge in [0.15, 0.2) is 0 Å².